The van der Waals surface area contributed by atoms with Gasteiger partial charge in [0.25, 0.3) is 5.91 Å². The van der Waals surface area contributed by atoms with E-state index in [2.05, 4.69) is 59.1 Å². The number of likely N-dealkylation sites (tertiary alicyclic amines) is 1. The van der Waals surface area contributed by atoms with Gasteiger partial charge in [-0.3, -0.25) is 33.9 Å². The summed E-state index contributed by atoms with van der Waals surface area (Å²) >= 11 is 1.58. The number of carbonyl (C=O) groups is 5. The molecule has 5 heterocycles. The van der Waals surface area contributed by atoms with E-state index in [0.717, 1.165) is 103 Å². The van der Waals surface area contributed by atoms with Gasteiger partial charge in [-0.1, -0.05) is 32.9 Å². The van der Waals surface area contributed by atoms with Crippen molar-refractivity contribution >= 4 is 74.5 Å². The van der Waals surface area contributed by atoms with Crippen LogP contribution in [0, 0.1) is 29.5 Å². The number of hydrogen-bond acceptors (Lipinski definition) is 14. The zero-order valence-electron chi connectivity index (χ0n) is 48.0. The molecular weight excluding hydrogens is 1090 g/mol. The van der Waals surface area contributed by atoms with Gasteiger partial charge in [-0.05, 0) is 141 Å². The molecule has 2 aromatic heterocycles. The number of fused-ring (bicyclic) bond motifs is 1. The van der Waals surface area contributed by atoms with Crippen LogP contribution in [0.3, 0.4) is 0 Å². The van der Waals surface area contributed by atoms with Crippen molar-refractivity contribution < 1.29 is 47.3 Å². The molecule has 21 heteroatoms. The monoisotopic (exact) mass is 1170 g/mol. The van der Waals surface area contributed by atoms with Crippen molar-refractivity contribution in [2.75, 3.05) is 79.9 Å². The SMILES string of the molecule is COc1cc2c(Oc3ccc(NC(=O)C4(C(=O)Nc5ccc(F)cc5)CC4)cc3)ccnc2cc1N1CCC(CN2CCN(c3cc(-c4scnc4C)ccc3CNC(=O)[C@@H]3C[C@@H](O)CN3C(=O)[C@@H](NC(=O)C3(F)CC3)C(C)(C)C)CC2)CC1. The number of aromatic nitrogens is 2. The molecule has 3 saturated heterocycles. The van der Waals surface area contributed by atoms with Gasteiger partial charge in [0.1, 0.15) is 40.6 Å². The molecule has 0 spiro atoms. The summed E-state index contributed by atoms with van der Waals surface area (Å²) in [5, 5.41) is 22.9. The second-order valence-corrected chi connectivity index (χ2v) is 25.0. The van der Waals surface area contributed by atoms with Crippen molar-refractivity contribution in [2.45, 2.75) is 103 Å². The summed E-state index contributed by atoms with van der Waals surface area (Å²) in [7, 11) is 1.67. The van der Waals surface area contributed by atoms with E-state index < -0.39 is 70.0 Å². The Bertz CT molecular complexity index is 3440. The highest BCUT2D eigenvalue weighted by Gasteiger charge is 2.57. The first-order valence-corrected chi connectivity index (χ1v) is 29.8. The average Bonchev–Trinajstić information content (AvgIpc) is 3.11. The third kappa shape index (κ3) is 12.5. The van der Waals surface area contributed by atoms with Crippen LogP contribution in [0.1, 0.15) is 77.0 Å². The number of anilines is 4. The number of halogens is 2. The third-order valence-corrected chi connectivity index (χ3v) is 18.1. The Hall–Kier alpha value is -7.75. The number of β-amino-alcohol motifs (C(OH)–C–C–N with tert-alkyl or cyclic N) is 1. The lowest BCUT2D eigenvalue weighted by Crippen LogP contribution is -2.59. The van der Waals surface area contributed by atoms with Crippen molar-refractivity contribution in [3.05, 3.63) is 114 Å². The molecule has 0 radical (unpaired) electrons. The van der Waals surface area contributed by atoms with E-state index in [9.17, 15) is 37.9 Å². The number of thiazole rings is 1. The van der Waals surface area contributed by atoms with Crippen LogP contribution in [0.5, 0.6) is 17.2 Å². The van der Waals surface area contributed by atoms with Crippen LogP contribution in [0.2, 0.25) is 0 Å². The van der Waals surface area contributed by atoms with Crippen molar-refractivity contribution in [3.63, 3.8) is 0 Å². The number of carbonyl (C=O) groups excluding carboxylic acids is 5. The highest BCUT2D eigenvalue weighted by molar-refractivity contribution is 7.13. The Morgan fingerprint density at radius 3 is 2.08 bits per heavy atom. The fourth-order valence-electron chi connectivity index (χ4n) is 11.7. The van der Waals surface area contributed by atoms with Gasteiger partial charge in [-0.2, -0.15) is 0 Å². The molecule has 11 rings (SSSR count). The smallest absolute Gasteiger partial charge is 0.258 e. The molecule has 5 amide bonds. The summed E-state index contributed by atoms with van der Waals surface area (Å²) < 4.78 is 40.6. The summed E-state index contributed by atoms with van der Waals surface area (Å²) in [6.07, 6.45) is 3.87. The van der Waals surface area contributed by atoms with E-state index in [4.69, 9.17) is 14.5 Å². The van der Waals surface area contributed by atoms with Crippen LogP contribution in [0.15, 0.2) is 96.6 Å². The lowest BCUT2D eigenvalue weighted by molar-refractivity contribution is -0.145. The van der Waals surface area contributed by atoms with Gasteiger partial charge in [0.2, 0.25) is 23.6 Å². The number of amides is 5. The molecule has 18 nitrogen and oxygen atoms in total. The summed E-state index contributed by atoms with van der Waals surface area (Å²) in [6, 6.07) is 22.4. The predicted octanol–water partition coefficient (Wildman–Crippen LogP) is 8.61. The van der Waals surface area contributed by atoms with Gasteiger partial charge in [0.05, 0.1) is 40.5 Å². The minimum absolute atomic E-state index is 0.0423. The molecule has 2 aliphatic carbocycles. The fourth-order valence-corrected chi connectivity index (χ4v) is 12.5. The van der Waals surface area contributed by atoms with E-state index >= 15 is 0 Å². The van der Waals surface area contributed by atoms with Crippen LogP contribution in [-0.2, 0) is 30.5 Å². The van der Waals surface area contributed by atoms with Gasteiger partial charge in [0, 0.05) is 94.0 Å². The second kappa shape index (κ2) is 23.7. The fraction of sp³-hybridized carbons (Fsp3) is 0.444. The van der Waals surface area contributed by atoms with Crippen molar-refractivity contribution in [1.29, 1.82) is 0 Å². The van der Waals surface area contributed by atoms with E-state index in [-0.39, 0.29) is 32.4 Å². The third-order valence-electron chi connectivity index (χ3n) is 17.1. The first-order chi connectivity index (χ1) is 40.3. The second-order valence-electron chi connectivity index (χ2n) is 24.2. The number of aryl methyl sites for hydroxylation is 1. The molecule has 4 aromatic carbocycles. The molecular formula is C63H72F2N10O8S. The van der Waals surface area contributed by atoms with Gasteiger partial charge < -0.3 is 50.5 Å². The first-order valence-electron chi connectivity index (χ1n) is 28.9. The van der Waals surface area contributed by atoms with Gasteiger partial charge in [0.15, 0.2) is 5.67 Å². The maximum atomic E-state index is 14.8. The minimum Gasteiger partial charge on any atom is -0.495 e. The summed E-state index contributed by atoms with van der Waals surface area (Å²) in [5.41, 5.74) is 4.46. The number of piperazine rings is 1. The number of pyridine rings is 1. The number of methoxy groups -OCH3 is 1. The zero-order valence-corrected chi connectivity index (χ0v) is 48.8. The average molecular weight is 1170 g/mol. The molecule has 442 valence electrons. The topological polar surface area (TPSA) is 211 Å². The number of piperidine rings is 1. The van der Waals surface area contributed by atoms with Crippen molar-refractivity contribution in [2.24, 2.45) is 16.7 Å². The maximum Gasteiger partial charge on any atom is 0.258 e. The minimum atomic E-state index is -1.98. The standard InChI is InChI=1S/C63H72F2N10O8S/c1-38-54(84-37-68-38)40-6-7-41(34-67-56(77)51-31-45(76)36-75(51)57(78)55(61(2,3)4)71-60(81)63(65)21-22-63)49(30-40)74-28-26-72(27-29-74)35-39-17-24-73(25-18-39)50-33-48-47(32-53(50)82-5)52(16-23-66-48)83-46-14-12-44(13-15-46)70-59(80)62(19-20-62)58(79)69-43-10-8-42(64)9-11-43/h6-16,23,30,32-33,37,39,45,51,55,76H,17-22,24-29,31,34-36H2,1-5H3,(H,67,77)(H,69,79)(H,70,80)(H,71,81)/t45-,51+,55-/m1/s1. The number of aliphatic hydroxyl groups excluding tert-OH is 1. The maximum absolute atomic E-state index is 14.8. The van der Waals surface area contributed by atoms with Crippen LogP contribution >= 0.6 is 11.3 Å². The molecule has 5 N–H and O–H groups in total. The van der Waals surface area contributed by atoms with Gasteiger partial charge in [-0.25, -0.2) is 13.8 Å². The Morgan fingerprint density at radius 1 is 0.798 bits per heavy atom. The molecule has 2 saturated carbocycles. The first kappa shape index (κ1) is 58.0. The van der Waals surface area contributed by atoms with E-state index in [1.807, 2.05) is 24.6 Å². The van der Waals surface area contributed by atoms with Gasteiger partial charge >= 0.3 is 0 Å². The molecule has 84 heavy (non-hydrogen) atoms. The lowest BCUT2D eigenvalue weighted by atomic mass is 9.85. The van der Waals surface area contributed by atoms with Gasteiger partial charge in [-0.15, -0.1) is 11.3 Å². The molecule has 0 unspecified atom stereocenters. The Morgan fingerprint density at radius 2 is 1.46 bits per heavy atom. The van der Waals surface area contributed by atoms with Crippen molar-refractivity contribution in [3.8, 4) is 27.7 Å². The summed E-state index contributed by atoms with van der Waals surface area (Å²) in [4.78, 5) is 86.4. The number of hydrogen-bond donors (Lipinski definition) is 5. The number of alkyl halides is 1. The van der Waals surface area contributed by atoms with E-state index in [1.54, 1.807) is 75.7 Å². The number of ether oxygens (including phenoxy) is 2. The molecule has 3 atom stereocenters. The van der Waals surface area contributed by atoms with Crippen LogP contribution in [0.25, 0.3) is 21.3 Å². The number of benzene rings is 4. The number of aliphatic hydroxyl groups is 1. The van der Waals surface area contributed by atoms with E-state index in [0.29, 0.717) is 47.4 Å². The lowest BCUT2D eigenvalue weighted by Gasteiger charge is -2.40. The highest BCUT2D eigenvalue weighted by Crippen LogP contribution is 2.48. The molecule has 3 aliphatic heterocycles. The normalized spacial score (nSPS) is 19.8. The highest BCUT2D eigenvalue weighted by atomic mass is 32.1. The van der Waals surface area contributed by atoms with Crippen molar-refractivity contribution in [1.82, 2.24) is 30.4 Å². The summed E-state index contributed by atoms with van der Waals surface area (Å²) in [5.74, 6) is -0.662. The number of nitrogens with one attached hydrogen (secondary N) is 4. The molecule has 5 fully saturated rings. The molecule has 6 aromatic rings. The molecule has 5 aliphatic rings. The largest absolute Gasteiger partial charge is 0.495 e. The van der Waals surface area contributed by atoms with Crippen LogP contribution in [-0.4, -0.2) is 138 Å². The zero-order chi connectivity index (χ0) is 59.1. The van der Waals surface area contributed by atoms with Crippen LogP contribution in [0.4, 0.5) is 31.5 Å². The Kier molecular flexibility index (Phi) is 16.4. The summed E-state index contributed by atoms with van der Waals surface area (Å²) in [6.45, 7) is 13.4. The quantitative estimate of drug-likeness (QED) is 0.0511. The predicted molar refractivity (Wildman–Crippen MR) is 318 cm³/mol. The van der Waals surface area contributed by atoms with Crippen LogP contribution < -0.4 is 40.5 Å². The number of rotatable bonds is 18. The Labute approximate surface area is 491 Å². The molecule has 0 bridgehead atoms. The number of nitrogens with zero attached hydrogens (tertiary/aromatic N) is 6. The van der Waals surface area contributed by atoms with E-state index in [1.165, 1.54) is 29.2 Å². The Balaban J connectivity index is 0.689.